The number of nitrogens with one attached hydrogen (secondary N) is 2. The molecule has 108 valence electrons. The molecule has 0 radical (unpaired) electrons. The van der Waals surface area contributed by atoms with Gasteiger partial charge in [0.15, 0.2) is 0 Å². The highest BCUT2D eigenvalue weighted by atomic mass is 16.2. The second-order valence-electron chi connectivity index (χ2n) is 6.33. The average Bonchev–Trinajstić information content (AvgIpc) is 3.16. The van der Waals surface area contributed by atoms with Gasteiger partial charge in [-0.2, -0.15) is 0 Å². The van der Waals surface area contributed by atoms with Gasteiger partial charge in [0.1, 0.15) is 5.41 Å². The number of carbonyl (C=O) groups excluding carboxylic acids is 2. The average molecular weight is 275 g/mol. The summed E-state index contributed by atoms with van der Waals surface area (Å²) in [6, 6.07) is 3.71. The number of rotatable bonds is 4. The minimum atomic E-state index is -0.866. The number of hydrogen-bond acceptors (Lipinski definition) is 3. The summed E-state index contributed by atoms with van der Waals surface area (Å²) in [5, 5.41) is 5.72. The Balaban J connectivity index is 1.93. The number of hydrogen-bond donors (Lipinski definition) is 2. The first kappa shape index (κ1) is 14.5. The van der Waals surface area contributed by atoms with Gasteiger partial charge >= 0.3 is 0 Å². The molecule has 2 rings (SSSR count). The lowest BCUT2D eigenvalue weighted by Crippen LogP contribution is -2.49. The summed E-state index contributed by atoms with van der Waals surface area (Å²) in [6.45, 7) is 6.13. The summed E-state index contributed by atoms with van der Waals surface area (Å²) in [5.41, 5.74) is -0.265. The predicted molar refractivity (Wildman–Crippen MR) is 75.6 cm³/mol. The molecule has 0 saturated heterocycles. The van der Waals surface area contributed by atoms with E-state index in [1.165, 1.54) is 0 Å². The summed E-state index contributed by atoms with van der Waals surface area (Å²) < 4.78 is 0. The van der Waals surface area contributed by atoms with Crippen molar-refractivity contribution in [2.75, 3.05) is 0 Å². The van der Waals surface area contributed by atoms with Crippen LogP contribution in [0.1, 0.15) is 39.2 Å². The first-order valence-electron chi connectivity index (χ1n) is 6.83. The van der Waals surface area contributed by atoms with Crippen molar-refractivity contribution in [2.45, 2.75) is 45.7 Å². The van der Waals surface area contributed by atoms with Gasteiger partial charge in [-0.1, -0.05) is 6.07 Å². The molecule has 1 aromatic heterocycles. The molecule has 1 aliphatic carbocycles. The van der Waals surface area contributed by atoms with Gasteiger partial charge in [0.25, 0.3) is 0 Å². The molecular weight excluding hydrogens is 254 g/mol. The van der Waals surface area contributed by atoms with Crippen LogP contribution in [0.2, 0.25) is 0 Å². The monoisotopic (exact) mass is 275 g/mol. The van der Waals surface area contributed by atoms with Gasteiger partial charge < -0.3 is 10.6 Å². The Morgan fingerprint density at radius 1 is 1.30 bits per heavy atom. The van der Waals surface area contributed by atoms with Crippen LogP contribution < -0.4 is 10.6 Å². The fraction of sp³-hybridized carbons (Fsp3) is 0.533. The summed E-state index contributed by atoms with van der Waals surface area (Å²) in [4.78, 5) is 28.4. The van der Waals surface area contributed by atoms with Crippen molar-refractivity contribution < 1.29 is 9.59 Å². The topological polar surface area (TPSA) is 71.1 Å². The molecule has 2 N–H and O–H groups in total. The molecule has 1 aliphatic rings. The molecule has 20 heavy (non-hydrogen) atoms. The summed E-state index contributed by atoms with van der Waals surface area (Å²) in [7, 11) is 0. The molecule has 0 aromatic carbocycles. The molecule has 5 heteroatoms. The third kappa shape index (κ3) is 3.35. The number of nitrogens with zero attached hydrogens (tertiary/aromatic N) is 1. The highest BCUT2D eigenvalue weighted by Crippen LogP contribution is 2.46. The minimum absolute atomic E-state index is 0.173. The van der Waals surface area contributed by atoms with Gasteiger partial charge in [0.2, 0.25) is 11.8 Å². The van der Waals surface area contributed by atoms with Crippen LogP contribution in [0.3, 0.4) is 0 Å². The first-order valence-corrected chi connectivity index (χ1v) is 6.83. The number of pyridine rings is 1. The Kier molecular flexibility index (Phi) is 3.79. The molecule has 5 nitrogen and oxygen atoms in total. The van der Waals surface area contributed by atoms with Crippen LogP contribution in [0.4, 0.5) is 0 Å². The van der Waals surface area contributed by atoms with Gasteiger partial charge in [0, 0.05) is 24.5 Å². The van der Waals surface area contributed by atoms with E-state index < -0.39 is 5.41 Å². The van der Waals surface area contributed by atoms with Crippen LogP contribution in [0.25, 0.3) is 0 Å². The van der Waals surface area contributed by atoms with Crippen molar-refractivity contribution in [1.82, 2.24) is 15.6 Å². The highest BCUT2D eigenvalue weighted by molar-refractivity contribution is 6.08. The molecule has 1 saturated carbocycles. The van der Waals surface area contributed by atoms with E-state index in [4.69, 9.17) is 0 Å². The SMILES string of the molecule is CC(C)(C)NC(=O)C1(C(=O)NCc2cccnc2)CC1. The fourth-order valence-corrected chi connectivity index (χ4v) is 2.00. The standard InChI is InChI=1S/C15H21N3O2/c1-14(2,3)18-13(20)15(6-7-15)12(19)17-10-11-5-4-8-16-9-11/h4-5,8-9H,6-7,10H2,1-3H3,(H,17,19)(H,18,20). The van der Waals surface area contributed by atoms with Crippen LogP contribution in [0, 0.1) is 5.41 Å². The Hall–Kier alpha value is -1.91. The van der Waals surface area contributed by atoms with Crippen molar-refractivity contribution in [3.8, 4) is 0 Å². The molecule has 1 aromatic rings. The zero-order valence-electron chi connectivity index (χ0n) is 12.2. The van der Waals surface area contributed by atoms with Gasteiger partial charge in [0.05, 0.1) is 0 Å². The quantitative estimate of drug-likeness (QED) is 0.816. The molecule has 0 bridgehead atoms. The van der Waals surface area contributed by atoms with E-state index in [9.17, 15) is 9.59 Å². The number of carbonyl (C=O) groups is 2. The number of amides is 2. The highest BCUT2D eigenvalue weighted by Gasteiger charge is 2.56. The van der Waals surface area contributed by atoms with Gasteiger partial charge in [-0.3, -0.25) is 14.6 Å². The van der Waals surface area contributed by atoms with Crippen molar-refractivity contribution in [3.05, 3.63) is 30.1 Å². The smallest absolute Gasteiger partial charge is 0.236 e. The molecule has 0 unspecified atom stereocenters. The van der Waals surface area contributed by atoms with Crippen LogP contribution in [0.15, 0.2) is 24.5 Å². The normalized spacial score (nSPS) is 16.4. The van der Waals surface area contributed by atoms with Crippen molar-refractivity contribution in [2.24, 2.45) is 5.41 Å². The second kappa shape index (κ2) is 5.23. The summed E-state index contributed by atoms with van der Waals surface area (Å²) in [5.74, 6) is -0.364. The van der Waals surface area contributed by atoms with E-state index in [0.717, 1.165) is 5.56 Å². The maximum atomic E-state index is 12.2. The van der Waals surface area contributed by atoms with Crippen LogP contribution in [0.5, 0.6) is 0 Å². The molecule has 0 atom stereocenters. The van der Waals surface area contributed by atoms with E-state index in [1.54, 1.807) is 12.4 Å². The molecule has 2 amide bonds. The van der Waals surface area contributed by atoms with Crippen molar-refractivity contribution >= 4 is 11.8 Å². The largest absolute Gasteiger partial charge is 0.351 e. The molecule has 0 aliphatic heterocycles. The Morgan fingerprint density at radius 3 is 2.50 bits per heavy atom. The third-order valence-electron chi connectivity index (χ3n) is 3.28. The lowest BCUT2D eigenvalue weighted by Gasteiger charge is -2.24. The van der Waals surface area contributed by atoms with Gasteiger partial charge in [-0.25, -0.2) is 0 Å². The van der Waals surface area contributed by atoms with Crippen molar-refractivity contribution in [1.29, 1.82) is 0 Å². The van der Waals surface area contributed by atoms with Gasteiger partial charge in [-0.15, -0.1) is 0 Å². The maximum Gasteiger partial charge on any atom is 0.236 e. The Bertz CT molecular complexity index is 502. The lowest BCUT2D eigenvalue weighted by atomic mass is 10.0. The van der Waals surface area contributed by atoms with Crippen LogP contribution in [-0.2, 0) is 16.1 Å². The van der Waals surface area contributed by atoms with E-state index >= 15 is 0 Å². The molecule has 0 spiro atoms. The Labute approximate surface area is 119 Å². The molecular formula is C15H21N3O2. The minimum Gasteiger partial charge on any atom is -0.351 e. The second-order valence-corrected chi connectivity index (χ2v) is 6.33. The fourth-order valence-electron chi connectivity index (χ4n) is 2.00. The predicted octanol–water partition coefficient (Wildman–Crippen LogP) is 1.39. The van der Waals surface area contributed by atoms with Crippen LogP contribution in [-0.4, -0.2) is 22.3 Å². The van der Waals surface area contributed by atoms with E-state index in [-0.39, 0.29) is 17.4 Å². The van der Waals surface area contributed by atoms with E-state index in [2.05, 4.69) is 15.6 Å². The molecule has 1 fully saturated rings. The van der Waals surface area contributed by atoms with Crippen molar-refractivity contribution in [3.63, 3.8) is 0 Å². The first-order chi connectivity index (χ1) is 9.33. The number of aromatic nitrogens is 1. The van der Waals surface area contributed by atoms with E-state index in [1.807, 2.05) is 32.9 Å². The Morgan fingerprint density at radius 2 is 2.00 bits per heavy atom. The molecule has 1 heterocycles. The summed E-state index contributed by atoms with van der Waals surface area (Å²) in [6.07, 6.45) is 4.63. The third-order valence-corrected chi connectivity index (χ3v) is 3.28. The van der Waals surface area contributed by atoms with E-state index in [0.29, 0.717) is 19.4 Å². The zero-order chi connectivity index (χ0) is 14.8. The van der Waals surface area contributed by atoms with Gasteiger partial charge in [-0.05, 0) is 45.2 Å². The zero-order valence-corrected chi connectivity index (χ0v) is 12.2. The lowest BCUT2D eigenvalue weighted by molar-refractivity contribution is -0.138. The van der Waals surface area contributed by atoms with Crippen LogP contribution >= 0.6 is 0 Å². The maximum absolute atomic E-state index is 12.2. The summed E-state index contributed by atoms with van der Waals surface area (Å²) >= 11 is 0.